The van der Waals surface area contributed by atoms with E-state index >= 15 is 0 Å². The third kappa shape index (κ3) is 4.01. The average molecular weight is 305 g/mol. The topological polar surface area (TPSA) is 69.6 Å². The van der Waals surface area contributed by atoms with Crippen molar-refractivity contribution < 1.29 is 14.7 Å². The Balaban J connectivity index is 2.81. The number of rotatable bonds is 4. The Kier molecular flexibility index (Phi) is 5.44. The first kappa shape index (κ1) is 15.6. The molecule has 1 atom stereocenters. The number of carboxylic acids is 1. The number of amides is 2. The van der Waals surface area contributed by atoms with Gasteiger partial charge in [0.1, 0.15) is 6.04 Å². The number of hydrogen-bond donors (Lipinski definition) is 2. The molecule has 19 heavy (non-hydrogen) atoms. The minimum absolute atomic E-state index is 0.289. The van der Waals surface area contributed by atoms with Gasteiger partial charge >= 0.3 is 12.0 Å². The number of benzene rings is 1. The van der Waals surface area contributed by atoms with Gasteiger partial charge in [0.15, 0.2) is 0 Å². The zero-order chi connectivity index (χ0) is 14.6. The number of halogens is 2. The van der Waals surface area contributed by atoms with Gasteiger partial charge in [0.05, 0.1) is 10.7 Å². The number of urea groups is 1. The number of carbonyl (C=O) groups is 2. The number of anilines is 1. The van der Waals surface area contributed by atoms with Crippen molar-refractivity contribution in [2.24, 2.45) is 0 Å². The molecule has 1 rings (SSSR count). The van der Waals surface area contributed by atoms with Crippen LogP contribution in [0.15, 0.2) is 18.2 Å². The van der Waals surface area contributed by atoms with Gasteiger partial charge in [-0.15, -0.1) is 0 Å². The lowest BCUT2D eigenvalue weighted by molar-refractivity contribution is -0.141. The van der Waals surface area contributed by atoms with Crippen LogP contribution in [0.5, 0.6) is 0 Å². The first-order chi connectivity index (χ1) is 8.86. The van der Waals surface area contributed by atoms with Crippen LogP contribution in [0.4, 0.5) is 10.5 Å². The molecule has 0 aliphatic rings. The molecular formula is C12H14Cl2N2O3. The second kappa shape index (κ2) is 6.63. The van der Waals surface area contributed by atoms with Gasteiger partial charge in [-0.3, -0.25) is 0 Å². The van der Waals surface area contributed by atoms with E-state index in [9.17, 15) is 9.59 Å². The molecule has 0 aliphatic heterocycles. The molecule has 104 valence electrons. The quantitative estimate of drug-likeness (QED) is 0.896. The second-order valence-electron chi connectivity index (χ2n) is 3.93. The molecular weight excluding hydrogens is 291 g/mol. The first-order valence-electron chi connectivity index (χ1n) is 5.58. The van der Waals surface area contributed by atoms with Gasteiger partial charge in [-0.05, 0) is 24.6 Å². The molecule has 0 saturated heterocycles. The van der Waals surface area contributed by atoms with Crippen LogP contribution in [0.25, 0.3) is 0 Å². The molecule has 7 heteroatoms. The van der Waals surface area contributed by atoms with Crippen molar-refractivity contribution in [1.29, 1.82) is 0 Å². The van der Waals surface area contributed by atoms with E-state index in [1.54, 1.807) is 19.1 Å². The van der Waals surface area contributed by atoms with Gasteiger partial charge in [0, 0.05) is 12.1 Å². The number of nitrogens with one attached hydrogen (secondary N) is 1. The normalized spacial score (nSPS) is 11.8. The van der Waals surface area contributed by atoms with Crippen molar-refractivity contribution in [3.8, 4) is 0 Å². The van der Waals surface area contributed by atoms with Crippen LogP contribution >= 0.6 is 23.2 Å². The summed E-state index contributed by atoms with van der Waals surface area (Å²) in [6, 6.07) is 3.20. The molecule has 0 fully saturated rings. The van der Waals surface area contributed by atoms with Crippen molar-refractivity contribution in [2.75, 3.05) is 12.4 Å². The van der Waals surface area contributed by atoms with Gasteiger partial charge in [-0.2, -0.15) is 0 Å². The van der Waals surface area contributed by atoms with E-state index < -0.39 is 18.0 Å². The summed E-state index contributed by atoms with van der Waals surface area (Å²) < 4.78 is 0. The number of carboxylic acid groups (broad SMARTS) is 1. The van der Waals surface area contributed by atoms with Crippen LogP contribution in [0.2, 0.25) is 10.0 Å². The van der Waals surface area contributed by atoms with Gasteiger partial charge in [-0.1, -0.05) is 30.1 Å². The van der Waals surface area contributed by atoms with Crippen molar-refractivity contribution in [2.45, 2.75) is 19.4 Å². The molecule has 0 spiro atoms. The third-order valence-electron chi connectivity index (χ3n) is 2.63. The second-order valence-corrected chi connectivity index (χ2v) is 4.77. The van der Waals surface area contributed by atoms with Crippen LogP contribution in [0.3, 0.4) is 0 Å². The SMILES string of the molecule is CCC(C(=O)O)N(C)C(=O)Nc1ccc(Cl)cc1Cl. The van der Waals surface area contributed by atoms with Crippen LogP contribution in [-0.4, -0.2) is 35.1 Å². The lowest BCUT2D eigenvalue weighted by atomic mass is 10.2. The standard InChI is InChI=1S/C12H14Cl2N2O3/c1-3-10(11(17)18)16(2)12(19)15-9-5-4-7(13)6-8(9)14/h4-6,10H,3H2,1-2H3,(H,15,19)(H,17,18). The van der Waals surface area contributed by atoms with E-state index in [0.717, 1.165) is 4.90 Å². The van der Waals surface area contributed by atoms with Crippen LogP contribution < -0.4 is 5.32 Å². The van der Waals surface area contributed by atoms with Gasteiger partial charge in [0.2, 0.25) is 0 Å². The monoisotopic (exact) mass is 304 g/mol. The maximum Gasteiger partial charge on any atom is 0.326 e. The number of aliphatic carboxylic acids is 1. The summed E-state index contributed by atoms with van der Waals surface area (Å²) in [4.78, 5) is 24.0. The first-order valence-corrected chi connectivity index (χ1v) is 6.34. The zero-order valence-corrected chi connectivity index (χ0v) is 12.0. The Labute approximate surface area is 121 Å². The van der Waals surface area contributed by atoms with Crippen LogP contribution in [-0.2, 0) is 4.79 Å². The van der Waals surface area contributed by atoms with E-state index in [-0.39, 0.29) is 5.02 Å². The minimum Gasteiger partial charge on any atom is -0.480 e. The molecule has 1 aromatic carbocycles. The maximum absolute atomic E-state index is 11.9. The molecule has 0 bridgehead atoms. The summed E-state index contributed by atoms with van der Waals surface area (Å²) in [5, 5.41) is 12.3. The number of nitrogens with zero attached hydrogens (tertiary/aromatic N) is 1. The predicted molar refractivity (Wildman–Crippen MR) is 75.0 cm³/mol. The summed E-state index contributed by atoms with van der Waals surface area (Å²) in [7, 11) is 1.42. The summed E-state index contributed by atoms with van der Waals surface area (Å²) in [6.07, 6.45) is 0.313. The third-order valence-corrected chi connectivity index (χ3v) is 3.18. The fraction of sp³-hybridized carbons (Fsp3) is 0.333. The lowest BCUT2D eigenvalue weighted by Crippen LogP contribution is -2.44. The van der Waals surface area contributed by atoms with E-state index in [2.05, 4.69) is 5.32 Å². The van der Waals surface area contributed by atoms with Crippen molar-refractivity contribution in [3.05, 3.63) is 28.2 Å². The summed E-state index contributed by atoms with van der Waals surface area (Å²) >= 11 is 11.7. The highest BCUT2D eigenvalue weighted by Gasteiger charge is 2.24. The zero-order valence-electron chi connectivity index (χ0n) is 10.5. The molecule has 0 aliphatic carbocycles. The Morgan fingerprint density at radius 3 is 2.53 bits per heavy atom. The summed E-state index contributed by atoms with van der Waals surface area (Å²) in [5.41, 5.74) is 0.378. The van der Waals surface area contributed by atoms with Crippen molar-refractivity contribution >= 4 is 40.9 Å². The number of carbonyl (C=O) groups excluding carboxylic acids is 1. The van der Waals surface area contributed by atoms with E-state index in [0.29, 0.717) is 17.1 Å². The van der Waals surface area contributed by atoms with Gasteiger partial charge in [-0.25, -0.2) is 9.59 Å². The van der Waals surface area contributed by atoms with Gasteiger partial charge < -0.3 is 15.3 Å². The fourth-order valence-corrected chi connectivity index (χ4v) is 2.01. The molecule has 2 amide bonds. The van der Waals surface area contributed by atoms with E-state index in [1.807, 2.05) is 0 Å². The van der Waals surface area contributed by atoms with E-state index in [1.165, 1.54) is 13.1 Å². The highest BCUT2D eigenvalue weighted by atomic mass is 35.5. The molecule has 0 aromatic heterocycles. The van der Waals surface area contributed by atoms with Crippen molar-refractivity contribution in [3.63, 3.8) is 0 Å². The van der Waals surface area contributed by atoms with Crippen molar-refractivity contribution in [1.82, 2.24) is 4.90 Å². The molecule has 1 aromatic rings. The maximum atomic E-state index is 11.9. The highest BCUT2D eigenvalue weighted by Crippen LogP contribution is 2.25. The fourth-order valence-electron chi connectivity index (χ4n) is 1.55. The Bertz CT molecular complexity index is 494. The number of hydrogen-bond acceptors (Lipinski definition) is 2. The molecule has 1 unspecified atom stereocenters. The van der Waals surface area contributed by atoms with E-state index in [4.69, 9.17) is 28.3 Å². The average Bonchev–Trinajstić information content (AvgIpc) is 2.32. The Hall–Kier alpha value is -1.46. The Morgan fingerprint density at radius 2 is 2.05 bits per heavy atom. The molecule has 2 N–H and O–H groups in total. The largest absolute Gasteiger partial charge is 0.480 e. The van der Waals surface area contributed by atoms with Gasteiger partial charge in [0.25, 0.3) is 0 Å². The molecule has 0 heterocycles. The van der Waals surface area contributed by atoms with Crippen LogP contribution in [0.1, 0.15) is 13.3 Å². The predicted octanol–water partition coefficient (Wildman–Crippen LogP) is 3.32. The molecule has 5 nitrogen and oxygen atoms in total. The summed E-state index contributed by atoms with van der Waals surface area (Å²) in [5.74, 6) is -1.05. The van der Waals surface area contributed by atoms with Crippen LogP contribution in [0, 0.1) is 0 Å². The lowest BCUT2D eigenvalue weighted by Gasteiger charge is -2.24. The highest BCUT2D eigenvalue weighted by molar-refractivity contribution is 6.36. The minimum atomic E-state index is -1.05. The molecule has 0 saturated carbocycles. The smallest absolute Gasteiger partial charge is 0.326 e. The Morgan fingerprint density at radius 1 is 1.42 bits per heavy atom. The summed E-state index contributed by atoms with van der Waals surface area (Å²) in [6.45, 7) is 1.69. The number of likely N-dealkylation sites (N-methyl/N-ethyl adjacent to an activating group) is 1. The molecule has 0 radical (unpaired) electrons.